The van der Waals surface area contributed by atoms with Gasteiger partial charge < -0.3 is 0 Å². The van der Waals surface area contributed by atoms with Gasteiger partial charge in [-0.1, -0.05) is 0 Å². The first-order valence-electron chi connectivity index (χ1n) is 3.35. The Morgan fingerprint density at radius 2 is 1.86 bits per heavy atom. The molecule has 0 amide bonds. The Balaban J connectivity index is 2.78. The Morgan fingerprint density at radius 3 is 2.21 bits per heavy atom. The van der Waals surface area contributed by atoms with Crippen LogP contribution in [-0.4, -0.2) is 21.9 Å². The second-order valence-electron chi connectivity index (χ2n) is 2.56. The molecule has 14 heavy (non-hydrogen) atoms. The smallest absolute Gasteiger partial charge is 0.265 e. The fourth-order valence-electron chi connectivity index (χ4n) is 0.718. The lowest BCUT2D eigenvalue weighted by Gasteiger charge is -2.19. The molecular formula is C6H4BrF5N2. The summed E-state index contributed by atoms with van der Waals surface area (Å²) in [6, 6.07) is 0. The van der Waals surface area contributed by atoms with Crippen molar-refractivity contribution in [1.29, 1.82) is 0 Å². The van der Waals surface area contributed by atoms with Crippen molar-refractivity contribution < 1.29 is 22.0 Å². The molecule has 0 atom stereocenters. The first-order valence-corrected chi connectivity index (χ1v) is 4.14. The Hall–Kier alpha value is -0.660. The van der Waals surface area contributed by atoms with Crippen LogP contribution in [0.25, 0.3) is 0 Å². The van der Waals surface area contributed by atoms with Crippen LogP contribution < -0.4 is 0 Å². The lowest BCUT2D eigenvalue weighted by molar-refractivity contribution is -0.287. The van der Waals surface area contributed by atoms with Crippen LogP contribution in [0.5, 0.6) is 0 Å². The van der Waals surface area contributed by atoms with E-state index in [9.17, 15) is 22.0 Å². The predicted molar refractivity (Wildman–Crippen MR) is 40.9 cm³/mol. The SMILES string of the molecule is FC(F)(F)C(F)(F)Cn1cc(Br)cn1. The van der Waals surface area contributed by atoms with Crippen LogP contribution in [-0.2, 0) is 6.54 Å². The minimum Gasteiger partial charge on any atom is -0.265 e. The summed E-state index contributed by atoms with van der Waals surface area (Å²) in [7, 11) is 0. The molecule has 0 spiro atoms. The van der Waals surface area contributed by atoms with E-state index in [0.717, 1.165) is 12.4 Å². The van der Waals surface area contributed by atoms with Crippen LogP contribution in [0, 0.1) is 0 Å². The maximum atomic E-state index is 12.4. The number of hydrogen-bond acceptors (Lipinski definition) is 1. The molecule has 0 bridgehead atoms. The van der Waals surface area contributed by atoms with Gasteiger partial charge in [0.05, 0.1) is 10.7 Å². The maximum absolute atomic E-state index is 12.4. The van der Waals surface area contributed by atoms with Crippen molar-refractivity contribution in [2.45, 2.75) is 18.6 Å². The first-order chi connectivity index (χ1) is 6.22. The minimum atomic E-state index is -5.55. The van der Waals surface area contributed by atoms with Gasteiger partial charge in [-0.2, -0.15) is 27.1 Å². The Bertz CT molecular complexity index is 318. The third-order valence-electron chi connectivity index (χ3n) is 1.38. The van der Waals surface area contributed by atoms with Gasteiger partial charge in [0.25, 0.3) is 0 Å². The van der Waals surface area contributed by atoms with Crippen LogP contribution in [0.3, 0.4) is 0 Å². The van der Waals surface area contributed by atoms with E-state index in [1.165, 1.54) is 0 Å². The van der Waals surface area contributed by atoms with Crippen molar-refractivity contribution in [3.63, 3.8) is 0 Å². The number of nitrogens with zero attached hydrogens (tertiary/aromatic N) is 2. The Morgan fingerprint density at radius 1 is 1.29 bits per heavy atom. The largest absolute Gasteiger partial charge is 0.455 e. The van der Waals surface area contributed by atoms with E-state index < -0.39 is 18.6 Å². The summed E-state index contributed by atoms with van der Waals surface area (Å²) in [5.74, 6) is -4.77. The summed E-state index contributed by atoms with van der Waals surface area (Å²) in [6.07, 6.45) is -3.38. The fraction of sp³-hybridized carbons (Fsp3) is 0.500. The predicted octanol–water partition coefficient (Wildman–Crippen LogP) is 2.84. The number of halogens is 6. The molecule has 0 aliphatic heterocycles. The molecule has 1 aromatic heterocycles. The highest BCUT2D eigenvalue weighted by atomic mass is 79.9. The van der Waals surface area contributed by atoms with Gasteiger partial charge in [-0.05, 0) is 15.9 Å². The molecule has 0 unspecified atom stereocenters. The molecule has 1 rings (SSSR count). The average molecular weight is 279 g/mol. The molecule has 1 heterocycles. The van der Waals surface area contributed by atoms with Gasteiger partial charge in [-0.3, -0.25) is 4.68 Å². The molecule has 0 saturated carbocycles. The third-order valence-corrected chi connectivity index (χ3v) is 1.79. The van der Waals surface area contributed by atoms with E-state index in [1.54, 1.807) is 0 Å². The van der Waals surface area contributed by atoms with Crippen LogP contribution in [0.2, 0.25) is 0 Å². The van der Waals surface area contributed by atoms with Gasteiger partial charge in [-0.25, -0.2) is 0 Å². The highest BCUT2D eigenvalue weighted by molar-refractivity contribution is 9.10. The van der Waals surface area contributed by atoms with Gasteiger partial charge >= 0.3 is 12.1 Å². The highest BCUT2D eigenvalue weighted by Gasteiger charge is 2.57. The van der Waals surface area contributed by atoms with E-state index >= 15 is 0 Å². The van der Waals surface area contributed by atoms with Crippen LogP contribution >= 0.6 is 15.9 Å². The zero-order valence-electron chi connectivity index (χ0n) is 6.52. The lowest BCUT2D eigenvalue weighted by Crippen LogP contribution is -2.40. The topological polar surface area (TPSA) is 17.8 Å². The summed E-state index contributed by atoms with van der Waals surface area (Å²) in [6.45, 7) is -1.51. The molecule has 0 aliphatic rings. The van der Waals surface area contributed by atoms with E-state index in [-0.39, 0.29) is 0 Å². The van der Waals surface area contributed by atoms with E-state index in [4.69, 9.17) is 0 Å². The van der Waals surface area contributed by atoms with E-state index in [0.29, 0.717) is 9.15 Å². The highest BCUT2D eigenvalue weighted by Crippen LogP contribution is 2.36. The molecule has 80 valence electrons. The Labute approximate surface area is 83.8 Å². The van der Waals surface area contributed by atoms with Crippen LogP contribution in [0.4, 0.5) is 22.0 Å². The number of rotatable bonds is 2. The molecule has 1 aromatic rings. The standard InChI is InChI=1S/C6H4BrF5N2/c7-4-1-13-14(2-4)3-5(8,9)6(10,11)12/h1-2H,3H2. The molecular weight excluding hydrogens is 275 g/mol. The molecule has 0 aliphatic carbocycles. The second kappa shape index (κ2) is 3.48. The van der Waals surface area contributed by atoms with Gasteiger partial charge in [0.2, 0.25) is 0 Å². The Kier molecular flexibility index (Phi) is 2.84. The summed E-state index contributed by atoms with van der Waals surface area (Å²) >= 11 is 2.88. The van der Waals surface area contributed by atoms with Crippen molar-refractivity contribution >= 4 is 15.9 Å². The normalized spacial score (nSPS) is 13.3. The molecule has 0 saturated heterocycles. The van der Waals surface area contributed by atoms with Gasteiger partial charge in [0.1, 0.15) is 6.54 Å². The number of aromatic nitrogens is 2. The van der Waals surface area contributed by atoms with E-state index in [2.05, 4.69) is 21.0 Å². The zero-order chi connectivity index (χ0) is 11.0. The number of hydrogen-bond donors (Lipinski definition) is 0. The van der Waals surface area contributed by atoms with Crippen molar-refractivity contribution in [1.82, 2.24) is 9.78 Å². The average Bonchev–Trinajstić information content (AvgIpc) is 2.31. The minimum absolute atomic E-state index is 0.343. The summed E-state index contributed by atoms with van der Waals surface area (Å²) in [5, 5.41) is 3.30. The van der Waals surface area contributed by atoms with Crippen molar-refractivity contribution in [2.75, 3.05) is 0 Å². The number of alkyl halides is 5. The van der Waals surface area contributed by atoms with Crippen molar-refractivity contribution in [2.24, 2.45) is 0 Å². The van der Waals surface area contributed by atoms with Crippen molar-refractivity contribution in [3.8, 4) is 0 Å². The molecule has 8 heteroatoms. The monoisotopic (exact) mass is 278 g/mol. The summed E-state index contributed by atoms with van der Waals surface area (Å²) in [4.78, 5) is 0. The molecule has 0 radical (unpaired) electrons. The first kappa shape index (κ1) is 11.4. The van der Waals surface area contributed by atoms with Crippen molar-refractivity contribution in [3.05, 3.63) is 16.9 Å². The van der Waals surface area contributed by atoms with Crippen LogP contribution in [0.15, 0.2) is 16.9 Å². The molecule has 0 N–H and O–H groups in total. The third kappa shape index (κ3) is 2.43. The van der Waals surface area contributed by atoms with Gasteiger partial charge in [-0.15, -0.1) is 0 Å². The van der Waals surface area contributed by atoms with Gasteiger partial charge in [0.15, 0.2) is 0 Å². The second-order valence-corrected chi connectivity index (χ2v) is 3.47. The molecule has 0 fully saturated rings. The molecule has 2 nitrogen and oxygen atoms in total. The van der Waals surface area contributed by atoms with Crippen LogP contribution in [0.1, 0.15) is 0 Å². The lowest BCUT2D eigenvalue weighted by atomic mass is 10.3. The van der Waals surface area contributed by atoms with Gasteiger partial charge in [0, 0.05) is 6.20 Å². The summed E-state index contributed by atoms with van der Waals surface area (Å²) < 4.78 is 60.9. The zero-order valence-corrected chi connectivity index (χ0v) is 8.11. The summed E-state index contributed by atoms with van der Waals surface area (Å²) in [5.41, 5.74) is 0. The fourth-order valence-corrected chi connectivity index (χ4v) is 1.05. The quantitative estimate of drug-likeness (QED) is 0.761. The van der Waals surface area contributed by atoms with E-state index in [1.807, 2.05) is 0 Å². The maximum Gasteiger partial charge on any atom is 0.455 e. The molecule has 0 aromatic carbocycles.